The molecule has 8 nitrogen and oxygen atoms in total. The van der Waals surface area contributed by atoms with Crippen molar-refractivity contribution in [2.24, 2.45) is 0 Å². The summed E-state index contributed by atoms with van der Waals surface area (Å²) in [7, 11) is -2.98. The van der Waals surface area contributed by atoms with Crippen LogP contribution in [0.3, 0.4) is 0 Å². The number of benzene rings is 1. The van der Waals surface area contributed by atoms with Gasteiger partial charge in [0.25, 0.3) is 5.91 Å². The quantitative estimate of drug-likeness (QED) is 0.580. The highest BCUT2D eigenvalue weighted by atomic mass is 32.2. The standard InChI is InChI=1S/C22H29N3O5S/c1-3-29-21-15-19(6-7-20(21)30-17-18-5-4-8-23-16-18)22(26)25-11-9-24(10-12-25)13-14-31(2,27)28/h4-8,15-16H,3,9-14,17H2,1-2H3. The molecule has 0 radical (unpaired) electrons. The molecular weight excluding hydrogens is 418 g/mol. The summed E-state index contributed by atoms with van der Waals surface area (Å²) in [5, 5.41) is 0. The Morgan fingerprint density at radius 3 is 2.52 bits per heavy atom. The van der Waals surface area contributed by atoms with Crippen molar-refractivity contribution in [3.8, 4) is 11.5 Å². The van der Waals surface area contributed by atoms with E-state index in [4.69, 9.17) is 9.47 Å². The average molecular weight is 448 g/mol. The molecule has 1 aliphatic rings. The van der Waals surface area contributed by atoms with E-state index in [1.165, 1.54) is 6.26 Å². The second-order valence-corrected chi connectivity index (χ2v) is 9.77. The third-order valence-corrected chi connectivity index (χ3v) is 5.97. The predicted molar refractivity (Wildman–Crippen MR) is 118 cm³/mol. The smallest absolute Gasteiger partial charge is 0.254 e. The minimum Gasteiger partial charge on any atom is -0.490 e. The van der Waals surface area contributed by atoms with Crippen LogP contribution in [0.2, 0.25) is 0 Å². The number of carbonyl (C=O) groups is 1. The third-order valence-electron chi connectivity index (χ3n) is 5.05. The molecule has 0 saturated carbocycles. The van der Waals surface area contributed by atoms with E-state index < -0.39 is 9.84 Å². The number of pyridine rings is 1. The Balaban J connectivity index is 1.61. The number of piperazine rings is 1. The van der Waals surface area contributed by atoms with E-state index in [1.54, 1.807) is 35.5 Å². The Morgan fingerprint density at radius 1 is 1.10 bits per heavy atom. The third kappa shape index (κ3) is 6.93. The summed E-state index contributed by atoms with van der Waals surface area (Å²) in [4.78, 5) is 20.9. The van der Waals surface area contributed by atoms with Crippen LogP contribution in [0.15, 0.2) is 42.7 Å². The summed E-state index contributed by atoms with van der Waals surface area (Å²) in [6.07, 6.45) is 4.70. The molecule has 9 heteroatoms. The zero-order valence-electron chi connectivity index (χ0n) is 18.0. The van der Waals surface area contributed by atoms with Crippen molar-refractivity contribution < 1.29 is 22.7 Å². The fraction of sp³-hybridized carbons (Fsp3) is 0.455. The van der Waals surface area contributed by atoms with Crippen molar-refractivity contribution in [1.82, 2.24) is 14.8 Å². The first-order valence-corrected chi connectivity index (χ1v) is 12.4. The molecule has 0 spiro atoms. The van der Waals surface area contributed by atoms with Gasteiger partial charge >= 0.3 is 0 Å². The lowest BCUT2D eigenvalue weighted by molar-refractivity contribution is 0.0643. The maximum absolute atomic E-state index is 13.0. The molecule has 168 valence electrons. The maximum atomic E-state index is 13.0. The van der Waals surface area contributed by atoms with Crippen LogP contribution in [0.4, 0.5) is 0 Å². The molecule has 0 aliphatic carbocycles. The lowest BCUT2D eigenvalue weighted by Gasteiger charge is -2.34. The average Bonchev–Trinajstić information content (AvgIpc) is 2.77. The highest BCUT2D eigenvalue weighted by molar-refractivity contribution is 7.90. The Labute approximate surface area is 183 Å². The predicted octanol–water partition coefficient (Wildman–Crippen LogP) is 1.86. The number of aromatic nitrogens is 1. The molecule has 31 heavy (non-hydrogen) atoms. The molecule has 0 N–H and O–H groups in total. The van der Waals surface area contributed by atoms with Gasteiger partial charge in [-0.15, -0.1) is 0 Å². The number of hydrogen-bond donors (Lipinski definition) is 0. The van der Waals surface area contributed by atoms with Crippen LogP contribution in [0.5, 0.6) is 11.5 Å². The van der Waals surface area contributed by atoms with Gasteiger partial charge in [0.15, 0.2) is 11.5 Å². The molecule has 2 aromatic rings. The Kier molecular flexibility index (Phi) is 7.86. The van der Waals surface area contributed by atoms with Gasteiger partial charge in [-0.2, -0.15) is 0 Å². The molecule has 1 fully saturated rings. The number of nitrogens with zero attached hydrogens (tertiary/aromatic N) is 3. The first-order chi connectivity index (χ1) is 14.9. The second kappa shape index (κ2) is 10.6. The topological polar surface area (TPSA) is 89.0 Å². The summed E-state index contributed by atoms with van der Waals surface area (Å²) in [6.45, 7) is 5.64. The number of sulfone groups is 1. The van der Waals surface area contributed by atoms with Crippen molar-refractivity contribution in [1.29, 1.82) is 0 Å². The summed E-state index contributed by atoms with van der Waals surface area (Å²) in [5.74, 6) is 1.18. The van der Waals surface area contributed by atoms with Gasteiger partial charge in [-0.3, -0.25) is 14.7 Å². The number of carbonyl (C=O) groups excluding carboxylic acids is 1. The summed E-state index contributed by atoms with van der Waals surface area (Å²) < 4.78 is 34.3. The van der Waals surface area contributed by atoms with Crippen molar-refractivity contribution in [3.63, 3.8) is 0 Å². The van der Waals surface area contributed by atoms with Gasteiger partial charge in [0.1, 0.15) is 16.4 Å². The van der Waals surface area contributed by atoms with E-state index in [0.717, 1.165) is 5.56 Å². The largest absolute Gasteiger partial charge is 0.490 e. The molecule has 1 aromatic heterocycles. The highest BCUT2D eigenvalue weighted by Gasteiger charge is 2.23. The Hall–Kier alpha value is -2.65. The number of amides is 1. The fourth-order valence-electron chi connectivity index (χ4n) is 3.33. The van der Waals surface area contributed by atoms with Crippen LogP contribution in [0, 0.1) is 0 Å². The van der Waals surface area contributed by atoms with E-state index in [-0.39, 0.29) is 11.7 Å². The van der Waals surface area contributed by atoms with Crippen LogP contribution in [-0.2, 0) is 16.4 Å². The molecule has 1 saturated heterocycles. The van der Waals surface area contributed by atoms with E-state index in [2.05, 4.69) is 9.88 Å². The Bertz CT molecular complexity index is 974. The van der Waals surface area contributed by atoms with Gasteiger partial charge in [-0.25, -0.2) is 8.42 Å². The molecule has 3 rings (SSSR count). The van der Waals surface area contributed by atoms with Gasteiger partial charge in [0.2, 0.25) is 0 Å². The van der Waals surface area contributed by atoms with Gasteiger partial charge in [0, 0.05) is 62.5 Å². The van der Waals surface area contributed by atoms with Gasteiger partial charge in [-0.1, -0.05) is 6.07 Å². The number of ether oxygens (including phenoxy) is 2. The highest BCUT2D eigenvalue weighted by Crippen LogP contribution is 2.30. The van der Waals surface area contributed by atoms with E-state index in [1.807, 2.05) is 19.1 Å². The molecule has 0 atom stereocenters. The SMILES string of the molecule is CCOc1cc(C(=O)N2CCN(CCS(C)(=O)=O)CC2)ccc1OCc1cccnc1. The molecule has 0 bridgehead atoms. The molecule has 1 aliphatic heterocycles. The summed E-state index contributed by atoms with van der Waals surface area (Å²) in [6, 6.07) is 9.02. The van der Waals surface area contributed by atoms with Gasteiger partial charge in [-0.05, 0) is 31.2 Å². The van der Waals surface area contributed by atoms with Crippen LogP contribution >= 0.6 is 0 Å². The lowest BCUT2D eigenvalue weighted by atomic mass is 10.1. The van der Waals surface area contributed by atoms with E-state index >= 15 is 0 Å². The van der Waals surface area contributed by atoms with Crippen LogP contribution < -0.4 is 9.47 Å². The summed E-state index contributed by atoms with van der Waals surface area (Å²) >= 11 is 0. The molecule has 1 amide bonds. The normalized spacial score (nSPS) is 15.0. The van der Waals surface area contributed by atoms with E-state index in [0.29, 0.717) is 63.0 Å². The van der Waals surface area contributed by atoms with Crippen LogP contribution in [0.1, 0.15) is 22.8 Å². The zero-order valence-corrected chi connectivity index (χ0v) is 18.8. The minimum atomic E-state index is -2.98. The molecule has 2 heterocycles. The first kappa shape index (κ1) is 23.0. The lowest BCUT2D eigenvalue weighted by Crippen LogP contribution is -2.49. The van der Waals surface area contributed by atoms with Crippen molar-refractivity contribution in [2.45, 2.75) is 13.5 Å². The van der Waals surface area contributed by atoms with Gasteiger partial charge < -0.3 is 14.4 Å². The zero-order chi connectivity index (χ0) is 22.3. The monoisotopic (exact) mass is 447 g/mol. The van der Waals surface area contributed by atoms with Crippen molar-refractivity contribution >= 4 is 15.7 Å². The number of rotatable bonds is 9. The fourth-order valence-corrected chi connectivity index (χ4v) is 3.92. The molecule has 1 aromatic carbocycles. The van der Waals surface area contributed by atoms with Crippen LogP contribution in [-0.4, -0.2) is 80.4 Å². The van der Waals surface area contributed by atoms with Crippen molar-refractivity contribution in [2.75, 3.05) is 51.3 Å². The van der Waals surface area contributed by atoms with Gasteiger partial charge in [0.05, 0.1) is 12.4 Å². The number of hydrogen-bond acceptors (Lipinski definition) is 7. The van der Waals surface area contributed by atoms with Crippen LogP contribution in [0.25, 0.3) is 0 Å². The van der Waals surface area contributed by atoms with E-state index in [9.17, 15) is 13.2 Å². The minimum absolute atomic E-state index is 0.0671. The van der Waals surface area contributed by atoms with Crippen molar-refractivity contribution in [3.05, 3.63) is 53.9 Å². The Morgan fingerprint density at radius 2 is 1.87 bits per heavy atom. The first-order valence-electron chi connectivity index (χ1n) is 10.3. The maximum Gasteiger partial charge on any atom is 0.254 e. The molecule has 0 unspecified atom stereocenters. The molecular formula is C22H29N3O5S. The second-order valence-electron chi connectivity index (χ2n) is 7.51. The summed E-state index contributed by atoms with van der Waals surface area (Å²) in [5.41, 5.74) is 1.49.